The third kappa shape index (κ3) is 21.1. The number of carboxylic acid groups (broad SMARTS) is 4. The molecule has 1 saturated heterocycles. The van der Waals surface area contributed by atoms with Gasteiger partial charge in [-0.15, -0.1) is 0 Å². The van der Waals surface area contributed by atoms with E-state index in [-0.39, 0.29) is 17.5 Å². The van der Waals surface area contributed by atoms with Crippen molar-refractivity contribution in [1.82, 2.24) is 5.32 Å². The van der Waals surface area contributed by atoms with Gasteiger partial charge in [-0.25, -0.2) is 0 Å². The summed E-state index contributed by atoms with van der Waals surface area (Å²) in [5.74, 6) is -3.46. The average Bonchev–Trinajstić information content (AvgIpc) is 3.47. The molecule has 0 aromatic heterocycles. The molecule has 2 aromatic rings. The number of phenolic OH excluding ortho intramolecular Hbond substituents is 1. The van der Waals surface area contributed by atoms with Crippen molar-refractivity contribution < 1.29 is 49.6 Å². The topological polar surface area (TPSA) is 289 Å². The van der Waals surface area contributed by atoms with Crippen LogP contribution in [0.3, 0.4) is 0 Å². The molecule has 0 spiro atoms. The van der Waals surface area contributed by atoms with Crippen LogP contribution in [0.4, 0.5) is 11.4 Å². The van der Waals surface area contributed by atoms with Gasteiger partial charge in [0.05, 0.1) is 4.92 Å². The maximum Gasteiger partial charge on any atom is 0.325 e. The van der Waals surface area contributed by atoms with Crippen LogP contribution in [0, 0.1) is 10.1 Å². The molecule has 42 heavy (non-hydrogen) atoms. The van der Waals surface area contributed by atoms with Crippen LogP contribution in [-0.2, 0) is 19.2 Å². The number of hydrogen-bond acceptors (Lipinski definition) is 11. The average molecular weight is 598 g/mol. The first-order valence-corrected chi connectivity index (χ1v) is 12.4. The van der Waals surface area contributed by atoms with Crippen LogP contribution in [0.25, 0.3) is 0 Å². The van der Waals surface area contributed by atoms with Crippen molar-refractivity contribution in [1.29, 1.82) is 0 Å². The summed E-state index contributed by atoms with van der Waals surface area (Å²) in [5, 5.41) is 57.1. The number of nitrogens with two attached hydrogens (primary N) is 2. The number of nitro benzene ring substituents is 1. The smallest absolute Gasteiger partial charge is 0.325 e. The van der Waals surface area contributed by atoms with Crippen LogP contribution >= 0.6 is 0 Å². The van der Waals surface area contributed by atoms with Crippen molar-refractivity contribution in [3.05, 3.63) is 64.7 Å². The zero-order chi connectivity index (χ0) is 32.8. The highest BCUT2D eigenvalue weighted by atomic mass is 16.6. The highest BCUT2D eigenvalue weighted by molar-refractivity contribution is 5.76. The standard InChI is InChI=1S/C9H11NO2.C6H5NO3.C5H9NO2.2C3H7NO2/c1-7(9(11)12)10-8-5-3-2-4-6-8;8-6-3-1-5(2-4-6)7(9)10;7-5(8)4-2-1-3-6-4;2*1-2(4)3(5)6/h2-7,10H,1H3,(H,11,12);1-4,8H;4,6H,1-3H2,(H,7,8);2*2H,4H2,1H3,(H,5,6)/t7-;;4-;2*2-/m0.000/s1. The highest BCUT2D eigenvalue weighted by Gasteiger charge is 2.20. The van der Waals surface area contributed by atoms with Gasteiger partial charge < -0.3 is 47.6 Å². The van der Waals surface area contributed by atoms with Crippen molar-refractivity contribution in [3.8, 4) is 5.75 Å². The number of rotatable bonds is 7. The minimum atomic E-state index is -0.963. The van der Waals surface area contributed by atoms with Crippen LogP contribution in [0.2, 0.25) is 0 Å². The van der Waals surface area contributed by atoms with Gasteiger partial charge in [-0.1, -0.05) is 18.2 Å². The summed E-state index contributed by atoms with van der Waals surface area (Å²) in [5.41, 5.74) is 10.5. The Morgan fingerprint density at radius 1 is 0.881 bits per heavy atom. The number of hydrogen-bond donors (Lipinski definition) is 9. The minimum Gasteiger partial charge on any atom is -0.508 e. The number of nitrogens with one attached hydrogen (secondary N) is 2. The molecule has 16 nitrogen and oxygen atoms in total. The molecule has 0 aliphatic carbocycles. The lowest BCUT2D eigenvalue weighted by Crippen LogP contribution is -2.29. The summed E-state index contributed by atoms with van der Waals surface area (Å²) in [7, 11) is 0. The molecular weight excluding hydrogens is 558 g/mol. The van der Waals surface area contributed by atoms with E-state index in [1.54, 1.807) is 6.92 Å². The molecule has 1 heterocycles. The van der Waals surface area contributed by atoms with E-state index in [0.29, 0.717) is 0 Å². The van der Waals surface area contributed by atoms with Crippen LogP contribution in [0.1, 0.15) is 33.6 Å². The summed E-state index contributed by atoms with van der Waals surface area (Å²) in [6.07, 6.45) is 1.78. The second-order valence-corrected chi connectivity index (χ2v) is 8.58. The molecule has 0 saturated carbocycles. The van der Waals surface area contributed by atoms with Gasteiger partial charge in [0.15, 0.2) is 0 Å². The molecular formula is C26H39N5O11. The number of carboxylic acids is 4. The largest absolute Gasteiger partial charge is 0.508 e. The van der Waals surface area contributed by atoms with E-state index in [9.17, 15) is 29.3 Å². The Hall–Kier alpha value is -4.80. The summed E-state index contributed by atoms with van der Waals surface area (Å²) in [6, 6.07) is 12.0. The van der Waals surface area contributed by atoms with Gasteiger partial charge in [-0.2, -0.15) is 0 Å². The minimum absolute atomic E-state index is 0.0159. The number of benzene rings is 2. The molecule has 1 aliphatic rings. The Kier molecular flexibility index (Phi) is 20.6. The monoisotopic (exact) mass is 597 g/mol. The molecule has 16 heteroatoms. The number of aromatic hydroxyl groups is 1. The van der Waals surface area contributed by atoms with Crippen LogP contribution in [0.15, 0.2) is 54.6 Å². The number of para-hydroxylation sites is 1. The Bertz CT molecular complexity index is 1070. The third-order valence-corrected chi connectivity index (χ3v) is 4.73. The number of nitrogens with zero attached hydrogens (tertiary/aromatic N) is 1. The predicted octanol–water partition coefficient (Wildman–Crippen LogP) is 1.53. The van der Waals surface area contributed by atoms with E-state index in [1.165, 1.54) is 38.1 Å². The molecule has 4 atom stereocenters. The number of aliphatic carboxylic acids is 4. The third-order valence-electron chi connectivity index (χ3n) is 4.73. The van der Waals surface area contributed by atoms with Gasteiger partial charge in [0.1, 0.15) is 29.9 Å². The Balaban J connectivity index is 0. The Labute approximate surface area is 242 Å². The van der Waals surface area contributed by atoms with Crippen molar-refractivity contribution in [3.63, 3.8) is 0 Å². The zero-order valence-electron chi connectivity index (χ0n) is 23.4. The SMILES string of the molecule is C[C@H](N)C(=O)O.C[C@H](N)C(=O)O.C[C@H](Nc1ccccc1)C(=O)O.O=C(O)[C@@H]1CCCN1.O=[N+]([O-])c1ccc(O)cc1. The number of nitro groups is 1. The van der Waals surface area contributed by atoms with Crippen molar-refractivity contribution in [2.45, 2.75) is 57.8 Å². The maximum atomic E-state index is 10.4. The Morgan fingerprint density at radius 3 is 1.62 bits per heavy atom. The van der Waals surface area contributed by atoms with E-state index in [1.807, 2.05) is 30.3 Å². The first-order chi connectivity index (χ1) is 19.5. The molecule has 234 valence electrons. The van der Waals surface area contributed by atoms with Crippen LogP contribution in [-0.4, -0.2) is 85.0 Å². The number of non-ortho nitro benzene ring substituents is 1. The van der Waals surface area contributed by atoms with Gasteiger partial charge in [-0.3, -0.25) is 29.3 Å². The molecule has 0 unspecified atom stereocenters. The van der Waals surface area contributed by atoms with Crippen LogP contribution < -0.4 is 22.1 Å². The number of phenols is 1. The lowest BCUT2D eigenvalue weighted by atomic mass is 10.2. The number of anilines is 1. The summed E-state index contributed by atoms with van der Waals surface area (Å²) < 4.78 is 0. The summed E-state index contributed by atoms with van der Waals surface area (Å²) in [6.45, 7) is 5.30. The summed E-state index contributed by atoms with van der Waals surface area (Å²) >= 11 is 0. The lowest BCUT2D eigenvalue weighted by Gasteiger charge is -2.09. The van der Waals surface area contributed by atoms with Gasteiger partial charge in [-0.05, 0) is 64.4 Å². The van der Waals surface area contributed by atoms with E-state index >= 15 is 0 Å². The fourth-order valence-electron chi connectivity index (χ4n) is 2.32. The fraction of sp³-hybridized carbons (Fsp3) is 0.385. The molecule has 11 N–H and O–H groups in total. The van der Waals surface area contributed by atoms with Crippen molar-refractivity contribution in [2.75, 3.05) is 11.9 Å². The summed E-state index contributed by atoms with van der Waals surface area (Å²) in [4.78, 5) is 49.3. The quantitative estimate of drug-likeness (QED) is 0.161. The van der Waals surface area contributed by atoms with E-state index in [0.717, 1.165) is 25.1 Å². The number of carbonyl (C=O) groups is 4. The molecule has 0 bridgehead atoms. The van der Waals surface area contributed by atoms with Gasteiger partial charge in [0.2, 0.25) is 0 Å². The van der Waals surface area contributed by atoms with Crippen molar-refractivity contribution >= 4 is 35.3 Å². The van der Waals surface area contributed by atoms with Gasteiger partial charge in [0.25, 0.3) is 5.69 Å². The predicted molar refractivity (Wildman–Crippen MR) is 153 cm³/mol. The highest BCUT2D eigenvalue weighted by Crippen LogP contribution is 2.15. The molecule has 2 aromatic carbocycles. The van der Waals surface area contributed by atoms with E-state index in [2.05, 4.69) is 10.6 Å². The lowest BCUT2D eigenvalue weighted by molar-refractivity contribution is -0.384. The zero-order valence-corrected chi connectivity index (χ0v) is 23.4. The molecule has 0 radical (unpaired) electrons. The maximum absolute atomic E-state index is 10.4. The van der Waals surface area contributed by atoms with Gasteiger partial charge in [0, 0.05) is 17.8 Å². The normalized spacial score (nSPS) is 14.9. The molecule has 3 rings (SSSR count). The van der Waals surface area contributed by atoms with E-state index in [4.69, 9.17) is 37.0 Å². The van der Waals surface area contributed by atoms with Gasteiger partial charge >= 0.3 is 23.9 Å². The fourth-order valence-corrected chi connectivity index (χ4v) is 2.32. The van der Waals surface area contributed by atoms with Crippen LogP contribution in [0.5, 0.6) is 5.75 Å². The second-order valence-electron chi connectivity index (χ2n) is 8.58. The Morgan fingerprint density at radius 2 is 1.33 bits per heavy atom. The van der Waals surface area contributed by atoms with Crippen molar-refractivity contribution in [2.24, 2.45) is 11.5 Å². The molecule has 1 fully saturated rings. The molecule has 1 aliphatic heterocycles. The van der Waals surface area contributed by atoms with E-state index < -0.39 is 46.9 Å². The molecule has 0 amide bonds. The first-order valence-electron chi connectivity index (χ1n) is 12.4. The first kappa shape index (κ1) is 39.3. The second kappa shape index (κ2) is 22.0.